The van der Waals surface area contributed by atoms with Crippen LogP contribution in [-0.4, -0.2) is 25.3 Å². The van der Waals surface area contributed by atoms with Crippen molar-refractivity contribution in [1.29, 1.82) is 0 Å². The molecule has 5 aliphatic rings. The zero-order valence-corrected chi connectivity index (χ0v) is 18.9. The first-order chi connectivity index (χ1) is 15.9. The van der Waals surface area contributed by atoms with Crippen LogP contribution in [0.1, 0.15) is 49.7 Å². The number of ether oxygens (including phenoxy) is 3. The van der Waals surface area contributed by atoms with Crippen LogP contribution in [0, 0.1) is 24.2 Å². The first kappa shape index (κ1) is 20.6. The molecule has 7 rings (SSSR count). The van der Waals surface area contributed by atoms with E-state index in [1.54, 1.807) is 18.2 Å². The van der Waals surface area contributed by atoms with E-state index >= 15 is 0 Å². The van der Waals surface area contributed by atoms with Gasteiger partial charge < -0.3 is 19.5 Å². The summed E-state index contributed by atoms with van der Waals surface area (Å²) in [7, 11) is 0. The molecule has 4 aliphatic carbocycles. The van der Waals surface area contributed by atoms with Crippen LogP contribution in [0.3, 0.4) is 0 Å². The lowest BCUT2D eigenvalue weighted by molar-refractivity contribution is -0.175. The third-order valence-corrected chi connectivity index (χ3v) is 8.15. The Balaban J connectivity index is 1.14. The summed E-state index contributed by atoms with van der Waals surface area (Å²) in [6.45, 7) is 2.01. The Kier molecular flexibility index (Phi) is 4.68. The Hall–Kier alpha value is -3.02. The van der Waals surface area contributed by atoms with Gasteiger partial charge in [0.05, 0.1) is 5.41 Å². The standard InChI is InChI=1S/C27H29NO5/c1-17-2-4-20(5-3-17)26-10-18-8-19(11-26)13-27(12-18,15-26)25(30)31-14-24(29)28-21-6-7-22-23(9-21)33-16-32-22/h2-7,9,18-19H,8,10-16H2,1H3,(H,28,29)/t18-,19+,26?,27?. The molecule has 0 saturated heterocycles. The van der Waals surface area contributed by atoms with E-state index in [2.05, 4.69) is 36.5 Å². The molecule has 4 bridgehead atoms. The molecule has 1 heterocycles. The molecule has 4 atom stereocenters. The lowest BCUT2D eigenvalue weighted by atomic mass is 9.43. The van der Waals surface area contributed by atoms with Gasteiger partial charge in [-0.15, -0.1) is 0 Å². The van der Waals surface area contributed by atoms with Gasteiger partial charge in [0.2, 0.25) is 6.79 Å². The molecule has 172 valence electrons. The van der Waals surface area contributed by atoms with Gasteiger partial charge in [0.25, 0.3) is 5.91 Å². The van der Waals surface area contributed by atoms with E-state index in [-0.39, 0.29) is 30.7 Å². The van der Waals surface area contributed by atoms with E-state index in [4.69, 9.17) is 14.2 Å². The maximum atomic E-state index is 13.4. The molecule has 2 aromatic rings. The fraction of sp³-hybridized carbons (Fsp3) is 0.481. The molecule has 4 fully saturated rings. The molecular formula is C27H29NO5. The van der Waals surface area contributed by atoms with Gasteiger partial charge in [-0.3, -0.25) is 9.59 Å². The number of rotatable bonds is 5. The topological polar surface area (TPSA) is 73.9 Å². The Morgan fingerprint density at radius 3 is 2.48 bits per heavy atom. The number of carbonyl (C=O) groups is 2. The molecule has 6 nitrogen and oxygen atoms in total. The number of esters is 1. The van der Waals surface area contributed by atoms with Gasteiger partial charge >= 0.3 is 5.97 Å². The van der Waals surface area contributed by atoms with Crippen molar-refractivity contribution in [1.82, 2.24) is 0 Å². The van der Waals surface area contributed by atoms with Crippen molar-refractivity contribution in [3.05, 3.63) is 53.6 Å². The number of benzene rings is 2. The lowest BCUT2D eigenvalue weighted by Gasteiger charge is -2.61. The normalized spacial score (nSPS) is 30.8. The molecule has 4 saturated carbocycles. The predicted molar refractivity (Wildman–Crippen MR) is 122 cm³/mol. The van der Waals surface area contributed by atoms with Crippen LogP contribution in [-0.2, 0) is 19.7 Å². The van der Waals surface area contributed by atoms with Crippen LogP contribution >= 0.6 is 0 Å². The first-order valence-corrected chi connectivity index (χ1v) is 11.9. The van der Waals surface area contributed by atoms with E-state index in [1.165, 1.54) is 17.5 Å². The highest BCUT2D eigenvalue weighted by Crippen LogP contribution is 2.66. The quantitative estimate of drug-likeness (QED) is 0.670. The van der Waals surface area contributed by atoms with Gasteiger partial charge in [-0.05, 0) is 80.4 Å². The van der Waals surface area contributed by atoms with Crippen molar-refractivity contribution in [3.63, 3.8) is 0 Å². The number of anilines is 1. The second-order valence-corrected chi connectivity index (χ2v) is 10.6. The highest BCUT2D eigenvalue weighted by atomic mass is 16.7. The summed E-state index contributed by atoms with van der Waals surface area (Å²) < 4.78 is 16.3. The van der Waals surface area contributed by atoms with E-state index in [1.807, 2.05) is 0 Å². The molecule has 0 aromatic heterocycles. The van der Waals surface area contributed by atoms with Crippen molar-refractivity contribution >= 4 is 17.6 Å². The second kappa shape index (κ2) is 7.51. The van der Waals surface area contributed by atoms with E-state index in [0.717, 1.165) is 32.1 Å². The monoisotopic (exact) mass is 447 g/mol. The van der Waals surface area contributed by atoms with E-state index < -0.39 is 5.41 Å². The summed E-state index contributed by atoms with van der Waals surface area (Å²) in [5, 5.41) is 2.79. The summed E-state index contributed by atoms with van der Waals surface area (Å²) in [4.78, 5) is 25.9. The number of aryl methyl sites for hydroxylation is 1. The number of amides is 1. The molecule has 1 aliphatic heterocycles. The van der Waals surface area contributed by atoms with Crippen molar-refractivity contribution < 1.29 is 23.8 Å². The molecular weight excluding hydrogens is 418 g/mol. The molecule has 0 radical (unpaired) electrons. The minimum Gasteiger partial charge on any atom is -0.455 e. The van der Waals surface area contributed by atoms with Gasteiger partial charge in [-0.1, -0.05) is 29.8 Å². The van der Waals surface area contributed by atoms with Crippen LogP contribution in [0.15, 0.2) is 42.5 Å². The zero-order chi connectivity index (χ0) is 22.6. The van der Waals surface area contributed by atoms with Crippen LogP contribution in [0.4, 0.5) is 5.69 Å². The molecule has 0 spiro atoms. The summed E-state index contributed by atoms with van der Waals surface area (Å²) in [6, 6.07) is 14.1. The SMILES string of the molecule is Cc1ccc(C23C[C@@H]4C[C@@H](CC(C(=O)OCC(=O)Nc5ccc6c(c5)OCO6)(C4)C2)C3)cc1. The van der Waals surface area contributed by atoms with Gasteiger partial charge in [-0.25, -0.2) is 0 Å². The van der Waals surface area contributed by atoms with Crippen molar-refractivity contribution in [2.24, 2.45) is 17.3 Å². The predicted octanol–water partition coefficient (Wildman–Crippen LogP) is 4.74. The molecule has 33 heavy (non-hydrogen) atoms. The van der Waals surface area contributed by atoms with Crippen LogP contribution in [0.5, 0.6) is 11.5 Å². The third kappa shape index (κ3) is 3.56. The molecule has 1 N–H and O–H groups in total. The minimum atomic E-state index is -0.464. The van der Waals surface area contributed by atoms with Gasteiger partial charge in [0.1, 0.15) is 0 Å². The fourth-order valence-corrected chi connectivity index (χ4v) is 7.20. The largest absolute Gasteiger partial charge is 0.455 e. The molecule has 6 heteroatoms. The van der Waals surface area contributed by atoms with Crippen molar-refractivity contribution in [2.75, 3.05) is 18.7 Å². The highest BCUT2D eigenvalue weighted by molar-refractivity contribution is 5.93. The third-order valence-electron chi connectivity index (χ3n) is 8.15. The van der Waals surface area contributed by atoms with E-state index in [0.29, 0.717) is 29.0 Å². The first-order valence-electron chi connectivity index (χ1n) is 11.9. The van der Waals surface area contributed by atoms with Gasteiger partial charge in [-0.2, -0.15) is 0 Å². The van der Waals surface area contributed by atoms with Crippen molar-refractivity contribution in [2.45, 2.75) is 50.9 Å². The number of carbonyl (C=O) groups excluding carboxylic acids is 2. The fourth-order valence-electron chi connectivity index (χ4n) is 7.20. The molecule has 1 amide bonds. The maximum Gasteiger partial charge on any atom is 0.312 e. The van der Waals surface area contributed by atoms with Gasteiger partial charge in [0.15, 0.2) is 18.1 Å². The van der Waals surface area contributed by atoms with Crippen LogP contribution in [0.25, 0.3) is 0 Å². The van der Waals surface area contributed by atoms with Gasteiger partial charge in [0, 0.05) is 11.8 Å². The van der Waals surface area contributed by atoms with Crippen LogP contribution in [0.2, 0.25) is 0 Å². The smallest absolute Gasteiger partial charge is 0.312 e. The summed E-state index contributed by atoms with van der Waals surface area (Å²) in [6.07, 6.45) is 6.14. The molecule has 2 unspecified atom stereocenters. The molecule has 2 aromatic carbocycles. The number of hydrogen-bond donors (Lipinski definition) is 1. The van der Waals surface area contributed by atoms with Crippen LogP contribution < -0.4 is 14.8 Å². The summed E-state index contributed by atoms with van der Waals surface area (Å²) in [5.41, 5.74) is 2.80. The Morgan fingerprint density at radius 2 is 1.73 bits per heavy atom. The number of fused-ring (bicyclic) bond motifs is 1. The lowest BCUT2D eigenvalue weighted by Crippen LogP contribution is -2.57. The zero-order valence-electron chi connectivity index (χ0n) is 18.9. The number of nitrogens with one attached hydrogen (secondary N) is 1. The summed E-state index contributed by atoms with van der Waals surface area (Å²) >= 11 is 0. The summed E-state index contributed by atoms with van der Waals surface area (Å²) in [5.74, 6) is 1.82. The second-order valence-electron chi connectivity index (χ2n) is 10.6. The maximum absolute atomic E-state index is 13.4. The Labute approximate surface area is 193 Å². The average Bonchev–Trinajstić information content (AvgIpc) is 3.25. The number of hydrogen-bond acceptors (Lipinski definition) is 5. The van der Waals surface area contributed by atoms with E-state index in [9.17, 15) is 9.59 Å². The Bertz CT molecular complexity index is 1090. The average molecular weight is 448 g/mol. The Morgan fingerprint density at radius 1 is 1.00 bits per heavy atom. The van der Waals surface area contributed by atoms with Crippen molar-refractivity contribution in [3.8, 4) is 11.5 Å². The highest BCUT2D eigenvalue weighted by Gasteiger charge is 2.61. The minimum absolute atomic E-state index is 0.0611.